The molecule has 4 aromatic rings. The maximum atomic E-state index is 16.1. The fraction of sp³-hybridized carbons (Fsp3) is 0.304. The third-order valence-electron chi connectivity index (χ3n) is 5.77. The van der Waals surface area contributed by atoms with E-state index in [1.54, 1.807) is 35.1 Å². The Hall–Kier alpha value is -2.71. The van der Waals surface area contributed by atoms with Gasteiger partial charge in [0.25, 0.3) is 0 Å². The number of phenols is 1. The molecule has 0 aliphatic carbocycles. The molecule has 2 N–H and O–H groups in total. The highest BCUT2D eigenvalue weighted by atomic mass is 79.9. The van der Waals surface area contributed by atoms with Crippen LogP contribution in [0.25, 0.3) is 33.5 Å². The van der Waals surface area contributed by atoms with Gasteiger partial charge in [-0.25, -0.2) is 14.1 Å². The number of hydrogen-bond acceptors (Lipinski definition) is 4. The number of hydrogen-bond donors (Lipinski definition) is 2. The maximum absolute atomic E-state index is 16.1. The van der Waals surface area contributed by atoms with E-state index in [-0.39, 0.29) is 17.8 Å². The number of phenolic OH excluding ortho intramolecular Hbond substituents is 1. The summed E-state index contributed by atoms with van der Waals surface area (Å²) >= 11 is 3.38. The smallest absolute Gasteiger partial charge is 0.159 e. The molecular weight excluding hydrogens is 463 g/mol. The summed E-state index contributed by atoms with van der Waals surface area (Å²) in [6.07, 6.45) is 4.80. The van der Waals surface area contributed by atoms with Crippen LogP contribution in [-0.4, -0.2) is 31.5 Å². The van der Waals surface area contributed by atoms with Gasteiger partial charge in [-0.3, -0.25) is 0 Å². The molecule has 0 bridgehead atoms. The number of ether oxygens (including phenoxy) is 1. The standard InChI is InChI=1S/C23H22BrFN4O2/c1-2-13-11-14(30)6-7-15(13)16-8-9-17-21(23-26-12-18(24)27-23)28-29(22(17)20(16)25)19-5-3-4-10-31-19/h6-9,11-12,19,30H,2-5,10H2,1H3,(H,26,27). The van der Waals surface area contributed by atoms with Gasteiger partial charge in [0.2, 0.25) is 0 Å². The summed E-state index contributed by atoms with van der Waals surface area (Å²) in [6.45, 7) is 2.62. The molecule has 5 rings (SSSR count). The van der Waals surface area contributed by atoms with Gasteiger partial charge in [-0.1, -0.05) is 19.1 Å². The second-order valence-electron chi connectivity index (χ2n) is 7.71. The molecule has 1 fully saturated rings. The topological polar surface area (TPSA) is 76.0 Å². The first-order valence-electron chi connectivity index (χ1n) is 10.4. The zero-order valence-electron chi connectivity index (χ0n) is 17.0. The predicted octanol–water partition coefficient (Wildman–Crippen LogP) is 5.96. The molecule has 3 heterocycles. The third-order valence-corrected chi connectivity index (χ3v) is 6.17. The summed E-state index contributed by atoms with van der Waals surface area (Å²) in [6, 6.07) is 8.70. The monoisotopic (exact) mass is 484 g/mol. The first-order valence-corrected chi connectivity index (χ1v) is 11.2. The minimum atomic E-state index is -0.351. The average Bonchev–Trinajstić information content (AvgIpc) is 3.39. The fourth-order valence-corrected chi connectivity index (χ4v) is 4.54. The Kier molecular flexibility index (Phi) is 5.27. The molecule has 1 aliphatic heterocycles. The van der Waals surface area contributed by atoms with Crippen molar-refractivity contribution in [3.05, 3.63) is 52.5 Å². The number of aromatic hydroxyl groups is 1. The van der Waals surface area contributed by atoms with Gasteiger partial charge in [-0.2, -0.15) is 5.10 Å². The zero-order valence-corrected chi connectivity index (χ0v) is 18.6. The van der Waals surface area contributed by atoms with E-state index in [2.05, 4.69) is 25.9 Å². The van der Waals surface area contributed by atoms with Crippen LogP contribution in [-0.2, 0) is 11.2 Å². The summed E-state index contributed by atoms with van der Waals surface area (Å²) in [4.78, 5) is 7.50. The van der Waals surface area contributed by atoms with E-state index < -0.39 is 0 Å². The van der Waals surface area contributed by atoms with Gasteiger partial charge in [-0.05, 0) is 70.9 Å². The van der Waals surface area contributed by atoms with E-state index in [0.29, 0.717) is 41.0 Å². The lowest BCUT2D eigenvalue weighted by Crippen LogP contribution is -2.19. The van der Waals surface area contributed by atoms with Crippen LogP contribution >= 0.6 is 15.9 Å². The summed E-state index contributed by atoms with van der Waals surface area (Å²) in [5.74, 6) is 0.391. The van der Waals surface area contributed by atoms with E-state index in [4.69, 9.17) is 9.84 Å². The van der Waals surface area contributed by atoms with Gasteiger partial charge < -0.3 is 14.8 Å². The van der Waals surface area contributed by atoms with Gasteiger partial charge in [0.15, 0.2) is 17.9 Å². The number of imidazole rings is 1. The average molecular weight is 485 g/mol. The van der Waals surface area contributed by atoms with E-state index >= 15 is 4.39 Å². The van der Waals surface area contributed by atoms with Gasteiger partial charge >= 0.3 is 0 Å². The lowest BCUT2D eigenvalue weighted by Gasteiger charge is -2.23. The second-order valence-corrected chi connectivity index (χ2v) is 8.57. The number of H-pyrrole nitrogens is 1. The van der Waals surface area contributed by atoms with Crippen LogP contribution in [0.3, 0.4) is 0 Å². The van der Waals surface area contributed by atoms with E-state index in [1.165, 1.54) is 0 Å². The highest BCUT2D eigenvalue weighted by Crippen LogP contribution is 2.38. The summed E-state index contributed by atoms with van der Waals surface area (Å²) in [5.41, 5.74) is 3.12. The molecule has 2 aromatic heterocycles. The van der Waals surface area contributed by atoms with Crippen molar-refractivity contribution < 1.29 is 14.2 Å². The summed E-state index contributed by atoms with van der Waals surface area (Å²) in [5, 5.41) is 15.3. The minimum absolute atomic E-state index is 0.174. The first kappa shape index (κ1) is 20.2. The van der Waals surface area contributed by atoms with Gasteiger partial charge in [0.05, 0.1) is 6.20 Å². The van der Waals surface area contributed by atoms with Gasteiger partial charge in [0.1, 0.15) is 21.6 Å². The number of nitrogens with zero attached hydrogens (tertiary/aromatic N) is 3. The molecular formula is C23H22BrFN4O2. The van der Waals surface area contributed by atoms with Crippen LogP contribution in [0.5, 0.6) is 5.75 Å². The molecule has 2 aromatic carbocycles. The third kappa shape index (κ3) is 3.53. The molecule has 0 spiro atoms. The SMILES string of the molecule is CCc1cc(O)ccc1-c1ccc2c(-c3ncc(Br)[nH]3)nn(C3CCCCO3)c2c1F. The van der Waals surface area contributed by atoms with Crippen LogP contribution in [0.4, 0.5) is 4.39 Å². The number of rotatable bonds is 4. The predicted molar refractivity (Wildman–Crippen MR) is 120 cm³/mol. The number of halogens is 2. The number of aromatic nitrogens is 4. The summed E-state index contributed by atoms with van der Waals surface area (Å²) < 4.78 is 24.5. The Labute approximate surface area is 187 Å². The van der Waals surface area contributed by atoms with Crippen molar-refractivity contribution in [2.75, 3.05) is 6.61 Å². The van der Waals surface area contributed by atoms with Crippen LogP contribution in [0, 0.1) is 5.82 Å². The number of nitrogens with one attached hydrogen (secondary N) is 1. The van der Waals surface area contributed by atoms with Crippen molar-refractivity contribution >= 4 is 26.8 Å². The lowest BCUT2D eigenvalue weighted by atomic mass is 9.96. The van der Waals surface area contributed by atoms with Crippen molar-refractivity contribution in [3.63, 3.8) is 0 Å². The van der Waals surface area contributed by atoms with Crippen LogP contribution in [0.2, 0.25) is 0 Å². The van der Waals surface area contributed by atoms with Crippen LogP contribution in [0.15, 0.2) is 41.1 Å². The number of aromatic amines is 1. The molecule has 1 saturated heterocycles. The quantitative estimate of drug-likeness (QED) is 0.374. The number of benzene rings is 2. The molecule has 1 unspecified atom stereocenters. The first-order chi connectivity index (χ1) is 15.1. The summed E-state index contributed by atoms with van der Waals surface area (Å²) in [7, 11) is 0. The Morgan fingerprint density at radius 2 is 2.10 bits per heavy atom. The molecule has 6 nitrogen and oxygen atoms in total. The van der Waals surface area contributed by atoms with E-state index in [1.807, 2.05) is 13.0 Å². The van der Waals surface area contributed by atoms with E-state index in [9.17, 15) is 5.11 Å². The van der Waals surface area contributed by atoms with Crippen molar-refractivity contribution in [2.24, 2.45) is 0 Å². The maximum Gasteiger partial charge on any atom is 0.159 e. The molecule has 1 aliphatic rings. The number of aryl methyl sites for hydroxylation is 1. The number of fused-ring (bicyclic) bond motifs is 1. The highest BCUT2D eigenvalue weighted by Gasteiger charge is 2.26. The molecule has 1 atom stereocenters. The Balaban J connectivity index is 1.76. The van der Waals surface area contributed by atoms with Crippen molar-refractivity contribution in [1.82, 2.24) is 19.7 Å². The largest absolute Gasteiger partial charge is 0.508 e. The Bertz CT molecular complexity index is 1260. The van der Waals surface area contributed by atoms with Crippen molar-refractivity contribution in [3.8, 4) is 28.4 Å². The molecule has 0 radical (unpaired) electrons. The normalized spacial score (nSPS) is 16.8. The molecule has 8 heteroatoms. The lowest BCUT2D eigenvalue weighted by molar-refractivity contribution is -0.0368. The second kappa shape index (κ2) is 8.09. The van der Waals surface area contributed by atoms with Crippen LogP contribution in [0.1, 0.15) is 38.0 Å². The minimum Gasteiger partial charge on any atom is -0.508 e. The molecule has 160 valence electrons. The van der Waals surface area contributed by atoms with Crippen molar-refractivity contribution in [2.45, 2.75) is 38.8 Å². The van der Waals surface area contributed by atoms with Crippen LogP contribution < -0.4 is 0 Å². The molecule has 31 heavy (non-hydrogen) atoms. The molecule has 0 saturated carbocycles. The van der Waals surface area contributed by atoms with Gasteiger partial charge in [0, 0.05) is 17.6 Å². The van der Waals surface area contributed by atoms with Gasteiger partial charge in [-0.15, -0.1) is 0 Å². The highest BCUT2D eigenvalue weighted by molar-refractivity contribution is 9.10. The Morgan fingerprint density at radius 3 is 2.81 bits per heavy atom. The molecule has 0 amide bonds. The fourth-order valence-electron chi connectivity index (χ4n) is 4.25. The van der Waals surface area contributed by atoms with E-state index in [0.717, 1.165) is 35.0 Å². The zero-order chi connectivity index (χ0) is 21.5. The van der Waals surface area contributed by atoms with Crippen molar-refractivity contribution in [1.29, 1.82) is 0 Å². The Morgan fingerprint density at radius 1 is 1.26 bits per heavy atom.